The maximum Gasteiger partial charge on any atom is 2.00 e. The normalized spacial score (nSPS) is 11.9. The Balaban J connectivity index is 0.00000324. The Morgan fingerprint density at radius 3 is 1.79 bits per heavy atom. The maximum atomic E-state index is 12.1. The molecule has 4 heteroatoms. The molecule has 0 unspecified atom stereocenters. The van der Waals surface area contributed by atoms with Gasteiger partial charge in [0.15, 0.2) is 0 Å². The van der Waals surface area contributed by atoms with E-state index in [0.29, 0.717) is 5.56 Å². The van der Waals surface area contributed by atoms with Gasteiger partial charge < -0.3 is 15.0 Å². The largest absolute Gasteiger partial charge is 2.00 e. The molecule has 0 N–H and O–H groups in total. The van der Waals surface area contributed by atoms with Crippen LogP contribution in [-0.2, 0) is 27.9 Å². The minimum absolute atomic E-state index is 0. The minimum atomic E-state index is -1.41. The molecule has 0 aliphatic carbocycles. The van der Waals surface area contributed by atoms with Crippen LogP contribution in [0.4, 0.5) is 0 Å². The summed E-state index contributed by atoms with van der Waals surface area (Å²) in [6, 6.07) is 3.25. The van der Waals surface area contributed by atoms with Crippen LogP contribution >= 0.6 is 0 Å². The monoisotopic (exact) mass is 311 g/mol. The van der Waals surface area contributed by atoms with Gasteiger partial charge in [0.2, 0.25) is 0 Å². The van der Waals surface area contributed by atoms with E-state index in [0.717, 1.165) is 5.56 Å². The summed E-state index contributed by atoms with van der Waals surface area (Å²) in [7, 11) is 0. The molecule has 0 atom stereocenters. The molecular formula is C15H20CuO3. The van der Waals surface area contributed by atoms with Crippen LogP contribution in [-0.4, -0.2) is 5.97 Å². The fraction of sp³-hybridized carbons (Fsp3) is 0.533. The third-order valence-electron chi connectivity index (χ3n) is 2.98. The van der Waals surface area contributed by atoms with Gasteiger partial charge in [0.05, 0.1) is 5.97 Å². The van der Waals surface area contributed by atoms with Gasteiger partial charge in [-0.25, -0.2) is 0 Å². The Labute approximate surface area is 125 Å². The van der Waals surface area contributed by atoms with Crippen LogP contribution in [0, 0.1) is 0 Å². The molecule has 0 fully saturated rings. The summed E-state index contributed by atoms with van der Waals surface area (Å²) in [5.74, 6) is -1.84. The molecule has 109 valence electrons. The summed E-state index contributed by atoms with van der Waals surface area (Å²) < 4.78 is 0. The van der Waals surface area contributed by atoms with Crippen molar-refractivity contribution >= 4 is 5.97 Å². The van der Waals surface area contributed by atoms with Gasteiger partial charge in [-0.1, -0.05) is 59.4 Å². The van der Waals surface area contributed by atoms with Crippen LogP contribution in [0.5, 0.6) is 5.75 Å². The fourth-order valence-corrected chi connectivity index (χ4v) is 1.77. The number of hydrogen-bond donors (Lipinski definition) is 0. The fourth-order valence-electron chi connectivity index (χ4n) is 1.77. The van der Waals surface area contributed by atoms with Gasteiger partial charge in [0, 0.05) is 0 Å². The molecule has 1 radical (unpaired) electrons. The zero-order valence-corrected chi connectivity index (χ0v) is 13.1. The molecule has 0 aromatic heterocycles. The Bertz CT molecular complexity index is 479. The van der Waals surface area contributed by atoms with Crippen molar-refractivity contribution in [3.8, 4) is 5.75 Å². The van der Waals surface area contributed by atoms with Crippen molar-refractivity contribution in [3.63, 3.8) is 0 Å². The third kappa shape index (κ3) is 3.99. The van der Waals surface area contributed by atoms with Crippen LogP contribution in [0.25, 0.3) is 0 Å². The van der Waals surface area contributed by atoms with Crippen LogP contribution in [0.15, 0.2) is 12.1 Å². The van der Waals surface area contributed by atoms with Gasteiger partial charge in [-0.15, -0.1) is 0 Å². The van der Waals surface area contributed by atoms with Crippen molar-refractivity contribution in [2.45, 2.75) is 52.4 Å². The first-order chi connectivity index (χ1) is 7.94. The van der Waals surface area contributed by atoms with Gasteiger partial charge in [0.1, 0.15) is 0 Å². The number of carbonyl (C=O) groups excluding carboxylic acids is 1. The second kappa shape index (κ2) is 5.56. The van der Waals surface area contributed by atoms with E-state index in [1.165, 1.54) is 6.07 Å². The van der Waals surface area contributed by atoms with Crippen molar-refractivity contribution in [2.75, 3.05) is 0 Å². The third-order valence-corrected chi connectivity index (χ3v) is 2.98. The van der Waals surface area contributed by atoms with E-state index in [9.17, 15) is 15.0 Å². The van der Waals surface area contributed by atoms with E-state index in [1.807, 2.05) is 47.6 Å². The predicted octanol–water partition coefficient (Wildman–Crippen LogP) is 1.72. The van der Waals surface area contributed by atoms with Gasteiger partial charge in [-0.2, -0.15) is 0 Å². The molecule has 1 aromatic rings. The molecule has 19 heavy (non-hydrogen) atoms. The number of hydrogen-bond acceptors (Lipinski definition) is 3. The van der Waals surface area contributed by atoms with E-state index >= 15 is 0 Å². The first-order valence-corrected chi connectivity index (χ1v) is 6.02. The first kappa shape index (κ1) is 18.0. The average Bonchev–Trinajstić information content (AvgIpc) is 2.13. The molecule has 0 aliphatic rings. The molecule has 0 aliphatic heterocycles. The first-order valence-electron chi connectivity index (χ1n) is 6.02. The van der Waals surface area contributed by atoms with Crippen molar-refractivity contribution in [3.05, 3.63) is 28.8 Å². The SMILES string of the molecule is CC(C)(C)c1cc(C(=O)[O-])c([O-])c(C(C)(C)C)c1.[Cu+2]. The summed E-state index contributed by atoms with van der Waals surface area (Å²) in [5.41, 5.74) is 0.521. The Hall–Kier alpha value is -0.991. The molecule has 0 bridgehead atoms. The average molecular weight is 312 g/mol. The topological polar surface area (TPSA) is 63.2 Å². The smallest absolute Gasteiger partial charge is 0.872 e. The Kier molecular flexibility index (Phi) is 5.27. The van der Waals surface area contributed by atoms with E-state index < -0.39 is 11.7 Å². The second-order valence-corrected chi connectivity index (χ2v) is 6.69. The van der Waals surface area contributed by atoms with E-state index in [1.54, 1.807) is 0 Å². The molecule has 1 rings (SSSR count). The van der Waals surface area contributed by atoms with Crippen LogP contribution in [0.3, 0.4) is 0 Å². The van der Waals surface area contributed by atoms with Crippen molar-refractivity contribution < 1.29 is 32.1 Å². The van der Waals surface area contributed by atoms with Crippen LogP contribution < -0.4 is 10.2 Å². The molecule has 1 aromatic carbocycles. The predicted molar refractivity (Wildman–Crippen MR) is 67.6 cm³/mol. The van der Waals surface area contributed by atoms with Gasteiger partial charge in [-0.3, -0.25) is 0 Å². The van der Waals surface area contributed by atoms with Gasteiger partial charge in [-0.05, 0) is 27.5 Å². The van der Waals surface area contributed by atoms with E-state index in [2.05, 4.69) is 0 Å². The number of carbonyl (C=O) groups is 1. The van der Waals surface area contributed by atoms with Crippen molar-refractivity contribution in [1.29, 1.82) is 0 Å². The number of carboxylic acids is 1. The van der Waals surface area contributed by atoms with Gasteiger partial charge >= 0.3 is 17.1 Å². The van der Waals surface area contributed by atoms with Crippen LogP contribution in [0.1, 0.15) is 63.0 Å². The molecular weight excluding hydrogens is 292 g/mol. The molecule has 0 heterocycles. The summed E-state index contributed by atoms with van der Waals surface area (Å²) in [6.07, 6.45) is 0. The van der Waals surface area contributed by atoms with Crippen LogP contribution in [0.2, 0.25) is 0 Å². The second-order valence-electron chi connectivity index (χ2n) is 6.69. The van der Waals surface area contributed by atoms with E-state index in [4.69, 9.17) is 0 Å². The Morgan fingerprint density at radius 2 is 1.47 bits per heavy atom. The zero-order chi connectivity index (χ0) is 14.3. The van der Waals surface area contributed by atoms with E-state index in [-0.39, 0.29) is 33.5 Å². The number of rotatable bonds is 1. The summed E-state index contributed by atoms with van der Waals surface area (Å²) in [5, 5.41) is 23.2. The molecule has 0 saturated heterocycles. The quantitative estimate of drug-likeness (QED) is 0.742. The van der Waals surface area contributed by atoms with Gasteiger partial charge in [0.25, 0.3) is 0 Å². The van der Waals surface area contributed by atoms with Crippen molar-refractivity contribution in [2.24, 2.45) is 0 Å². The van der Waals surface area contributed by atoms with Crippen molar-refractivity contribution in [1.82, 2.24) is 0 Å². The standard InChI is InChI=1S/C15H22O3.Cu/c1-14(2,3)9-7-10(13(17)18)12(16)11(8-9)15(4,5)6;/h7-8,16H,1-6H3,(H,17,18);/q;+2/p-2. The number of carboxylic acid groups (broad SMARTS) is 1. The number of benzene rings is 1. The molecule has 3 nitrogen and oxygen atoms in total. The minimum Gasteiger partial charge on any atom is -0.872 e. The molecule has 0 spiro atoms. The molecule has 0 saturated carbocycles. The summed E-state index contributed by atoms with van der Waals surface area (Å²) >= 11 is 0. The number of aromatic carboxylic acids is 1. The maximum absolute atomic E-state index is 12.1. The zero-order valence-electron chi connectivity index (χ0n) is 12.2. The summed E-state index contributed by atoms with van der Waals surface area (Å²) in [6.45, 7) is 11.6. The Morgan fingerprint density at radius 1 is 1.00 bits per heavy atom. The summed E-state index contributed by atoms with van der Waals surface area (Å²) in [4.78, 5) is 11.1. The molecule has 0 amide bonds.